The fourth-order valence-corrected chi connectivity index (χ4v) is 10.2. The number of fused-ring (bicyclic) bond motifs is 6. The lowest BCUT2D eigenvalue weighted by Gasteiger charge is -2.60. The summed E-state index contributed by atoms with van der Waals surface area (Å²) in [5.74, 6) is 0.603. The van der Waals surface area contributed by atoms with Crippen molar-refractivity contribution < 1.29 is 32.6 Å². The summed E-state index contributed by atoms with van der Waals surface area (Å²) in [6.45, 7) is 4.18. The highest BCUT2D eigenvalue weighted by Gasteiger charge is 2.70. The Kier molecular flexibility index (Phi) is 7.13. The summed E-state index contributed by atoms with van der Waals surface area (Å²) in [5, 5.41) is 16.3. The number of allylic oxidation sites excluding steroid dienone is 1. The average Bonchev–Trinajstić information content (AvgIpc) is 3.73. The number of hydrogen-bond acceptors (Lipinski definition) is 7. The third kappa shape index (κ3) is 4.38. The zero-order chi connectivity index (χ0) is 31.7. The monoisotopic (exact) mass is 632 g/mol. The number of hydrogen-bond donors (Lipinski definition) is 1. The lowest BCUT2D eigenvalue weighted by Crippen LogP contribution is -2.62. The van der Waals surface area contributed by atoms with Crippen molar-refractivity contribution in [1.29, 1.82) is 0 Å². The molecule has 0 aliphatic heterocycles. The molecule has 10 heteroatoms. The Balaban J connectivity index is 1.23. The SMILES string of the molecule is C#CCSC(=O)[C@@]1(OC(=O)c2ccco2)CC[C@H]2[C@@H]3CCC4=Cc5c(cnn5-c5ccc(F)cc5F)C[C@]4(C)[C@H]3[C@@H](O)C[C@@]21C. The minimum absolute atomic E-state index is 0.0153. The smallest absolute Gasteiger partial charge is 0.375 e. The third-order valence-electron chi connectivity index (χ3n) is 11.3. The number of nitrogens with zero attached hydrogens (tertiary/aromatic N) is 2. The van der Waals surface area contributed by atoms with Crippen molar-refractivity contribution in [3.05, 3.63) is 77.0 Å². The molecule has 234 valence electrons. The Morgan fingerprint density at radius 2 is 2.09 bits per heavy atom. The number of furan rings is 1. The normalized spacial score (nSPS) is 33.2. The molecule has 0 spiro atoms. The molecule has 4 aliphatic carbocycles. The third-order valence-corrected chi connectivity index (χ3v) is 12.2. The van der Waals surface area contributed by atoms with Gasteiger partial charge < -0.3 is 14.3 Å². The highest BCUT2D eigenvalue weighted by atomic mass is 32.2. The first kappa shape index (κ1) is 30.0. The standard InChI is InChI=1S/C35H34F2N2O5S/c1-4-14-45-32(42)35(44-31(41)29-6-5-13-43-29)12-11-24-23-9-7-21-15-27-20(17-33(21,2)30(23)28(40)18-34(24,35)3)19-38-39(27)26-10-8-22(36)16-25(26)37/h1,5-6,8,10,13,15-16,19,23-24,28,30,40H,7,9,11-12,14,17-18H2,2-3H3/t23-,24-,28-,30+,33-,34-,35-/m0/s1. The maximum atomic E-state index is 14.7. The molecule has 0 unspecified atom stereocenters. The summed E-state index contributed by atoms with van der Waals surface area (Å²) in [6.07, 6.45) is 13.3. The van der Waals surface area contributed by atoms with Gasteiger partial charge in [0.15, 0.2) is 11.4 Å². The highest BCUT2D eigenvalue weighted by Crippen LogP contribution is 2.69. The first-order valence-electron chi connectivity index (χ1n) is 15.3. The van der Waals surface area contributed by atoms with Crippen molar-refractivity contribution >= 4 is 28.9 Å². The number of carbonyl (C=O) groups is 2. The predicted molar refractivity (Wildman–Crippen MR) is 164 cm³/mol. The quantitative estimate of drug-likeness (QED) is 0.258. The Bertz CT molecular complexity index is 1760. The van der Waals surface area contributed by atoms with Crippen LogP contribution < -0.4 is 0 Å². The van der Waals surface area contributed by atoms with E-state index in [1.165, 1.54) is 29.1 Å². The van der Waals surface area contributed by atoms with Crippen molar-refractivity contribution in [2.24, 2.45) is 28.6 Å². The topological polar surface area (TPSA) is 94.6 Å². The van der Waals surface area contributed by atoms with Gasteiger partial charge in [0.2, 0.25) is 10.9 Å². The van der Waals surface area contributed by atoms with Crippen LogP contribution in [-0.4, -0.2) is 43.4 Å². The molecule has 1 aromatic carbocycles. The summed E-state index contributed by atoms with van der Waals surface area (Å²) < 4.78 is 41.4. The van der Waals surface area contributed by atoms with Crippen LogP contribution in [0.4, 0.5) is 8.78 Å². The van der Waals surface area contributed by atoms with E-state index >= 15 is 0 Å². The van der Waals surface area contributed by atoms with E-state index in [0.29, 0.717) is 19.3 Å². The summed E-state index contributed by atoms with van der Waals surface area (Å²) >= 11 is 0.978. The summed E-state index contributed by atoms with van der Waals surface area (Å²) in [5.41, 5.74) is 0.353. The molecule has 1 N–H and O–H groups in total. The first-order chi connectivity index (χ1) is 21.5. The van der Waals surface area contributed by atoms with Crippen LogP contribution >= 0.6 is 11.8 Å². The predicted octanol–water partition coefficient (Wildman–Crippen LogP) is 6.39. The molecule has 2 heterocycles. The molecule has 0 radical (unpaired) electrons. The number of aliphatic hydroxyl groups is 1. The number of halogens is 2. The van der Waals surface area contributed by atoms with E-state index in [4.69, 9.17) is 15.6 Å². The number of carbonyl (C=O) groups excluding carboxylic acids is 2. The number of esters is 1. The van der Waals surface area contributed by atoms with Gasteiger partial charge in [-0.1, -0.05) is 37.1 Å². The van der Waals surface area contributed by atoms with Crippen LogP contribution in [0.5, 0.6) is 0 Å². The largest absolute Gasteiger partial charge is 0.457 e. The van der Waals surface area contributed by atoms with Crippen LogP contribution in [0, 0.1) is 52.6 Å². The Morgan fingerprint density at radius 3 is 2.82 bits per heavy atom. The van der Waals surface area contributed by atoms with Crippen LogP contribution in [-0.2, 0) is 16.0 Å². The van der Waals surface area contributed by atoms with E-state index in [0.717, 1.165) is 47.5 Å². The van der Waals surface area contributed by atoms with Crippen LogP contribution in [0.3, 0.4) is 0 Å². The molecule has 7 nitrogen and oxygen atoms in total. The Hall–Kier alpha value is -3.68. The molecule has 4 aliphatic rings. The van der Waals surface area contributed by atoms with E-state index in [1.807, 2.05) is 6.92 Å². The highest BCUT2D eigenvalue weighted by molar-refractivity contribution is 8.14. The number of thioether (sulfide) groups is 1. The molecule has 2 aromatic heterocycles. The van der Waals surface area contributed by atoms with E-state index < -0.39 is 40.1 Å². The van der Waals surface area contributed by atoms with E-state index in [1.54, 1.807) is 12.3 Å². The Morgan fingerprint density at radius 1 is 1.27 bits per heavy atom. The van der Waals surface area contributed by atoms with Crippen LogP contribution in [0.2, 0.25) is 0 Å². The van der Waals surface area contributed by atoms with E-state index in [2.05, 4.69) is 24.0 Å². The average molecular weight is 633 g/mol. The molecule has 3 saturated carbocycles. The minimum Gasteiger partial charge on any atom is -0.457 e. The fourth-order valence-electron chi connectivity index (χ4n) is 9.39. The van der Waals surface area contributed by atoms with Gasteiger partial charge in [-0.15, -0.1) is 6.42 Å². The maximum absolute atomic E-state index is 14.7. The molecular weight excluding hydrogens is 598 g/mol. The van der Waals surface area contributed by atoms with Gasteiger partial charge in [-0.2, -0.15) is 5.10 Å². The number of aromatic nitrogens is 2. The summed E-state index contributed by atoms with van der Waals surface area (Å²) in [7, 11) is 0. The van der Waals surface area contributed by atoms with Gasteiger partial charge in [-0.3, -0.25) is 4.79 Å². The van der Waals surface area contributed by atoms with Gasteiger partial charge in [0.25, 0.3) is 0 Å². The van der Waals surface area contributed by atoms with Gasteiger partial charge >= 0.3 is 5.97 Å². The summed E-state index contributed by atoms with van der Waals surface area (Å²) in [4.78, 5) is 27.2. The maximum Gasteiger partial charge on any atom is 0.375 e. The number of terminal acetylenes is 1. The van der Waals surface area contributed by atoms with Gasteiger partial charge in [0.05, 0.1) is 30.0 Å². The number of rotatable bonds is 5. The molecule has 45 heavy (non-hydrogen) atoms. The molecular formula is C35H34F2N2O5S. The second-order valence-corrected chi connectivity index (χ2v) is 14.3. The molecule has 7 atom stereocenters. The van der Waals surface area contributed by atoms with Crippen LogP contribution in [0.1, 0.15) is 67.8 Å². The lowest BCUT2D eigenvalue weighted by atomic mass is 9.45. The van der Waals surface area contributed by atoms with Crippen molar-refractivity contribution in [2.45, 2.75) is 64.1 Å². The summed E-state index contributed by atoms with van der Waals surface area (Å²) in [6, 6.07) is 6.57. The molecule has 3 aromatic rings. The molecule has 0 saturated heterocycles. The number of ether oxygens (including phenoxy) is 1. The lowest BCUT2D eigenvalue weighted by molar-refractivity contribution is -0.175. The van der Waals surface area contributed by atoms with Gasteiger partial charge in [-0.25, -0.2) is 18.3 Å². The fraction of sp³-hybridized carbons (Fsp3) is 0.457. The number of benzene rings is 1. The van der Waals surface area contributed by atoms with Crippen molar-refractivity contribution in [3.8, 4) is 18.0 Å². The van der Waals surface area contributed by atoms with E-state index in [9.17, 15) is 23.5 Å². The second-order valence-electron chi connectivity index (χ2n) is 13.4. The Labute approximate surface area is 264 Å². The van der Waals surface area contributed by atoms with Crippen LogP contribution in [0.15, 0.2) is 52.8 Å². The van der Waals surface area contributed by atoms with E-state index in [-0.39, 0.29) is 46.5 Å². The molecule has 7 rings (SSSR count). The van der Waals surface area contributed by atoms with Crippen molar-refractivity contribution in [3.63, 3.8) is 0 Å². The van der Waals surface area contributed by atoms with Crippen LogP contribution in [0.25, 0.3) is 11.8 Å². The minimum atomic E-state index is -1.47. The van der Waals surface area contributed by atoms with Gasteiger partial charge in [0, 0.05) is 11.5 Å². The molecule has 0 bridgehead atoms. The van der Waals surface area contributed by atoms with Gasteiger partial charge in [-0.05, 0) is 97.6 Å². The molecule has 3 fully saturated rings. The molecule has 0 amide bonds. The zero-order valence-electron chi connectivity index (χ0n) is 25.1. The first-order valence-corrected chi connectivity index (χ1v) is 16.3. The zero-order valence-corrected chi connectivity index (χ0v) is 25.9. The second kappa shape index (κ2) is 10.7. The van der Waals surface area contributed by atoms with Crippen molar-refractivity contribution in [1.82, 2.24) is 9.78 Å². The number of aliphatic hydroxyl groups excluding tert-OH is 1. The van der Waals surface area contributed by atoms with Gasteiger partial charge in [0.1, 0.15) is 11.5 Å². The van der Waals surface area contributed by atoms with Crippen molar-refractivity contribution in [2.75, 3.05) is 5.75 Å².